The Morgan fingerprint density at radius 3 is 2.26 bits per heavy atom. The summed E-state index contributed by atoms with van der Waals surface area (Å²) in [6, 6.07) is 10.3. The molecule has 0 aromatic heterocycles. The molecular formula is C24H32F2S. The largest absolute Gasteiger partial charge is 0.285 e. The summed E-state index contributed by atoms with van der Waals surface area (Å²) in [5, 5.41) is 0. The van der Waals surface area contributed by atoms with Gasteiger partial charge in [0.2, 0.25) is 0 Å². The highest BCUT2D eigenvalue weighted by molar-refractivity contribution is 8.01. The minimum Gasteiger partial charge on any atom is -0.198 e. The maximum absolute atomic E-state index is 13.4. The Morgan fingerprint density at radius 2 is 1.67 bits per heavy atom. The number of rotatable bonds is 8. The first-order valence-electron chi connectivity index (χ1n) is 10.5. The molecule has 3 rings (SSSR count). The van der Waals surface area contributed by atoms with Crippen molar-refractivity contribution in [2.45, 2.75) is 74.7 Å². The number of unbranched alkanes of at least 4 members (excludes halogenated alkanes) is 2. The fourth-order valence-electron chi connectivity index (χ4n) is 4.71. The first-order chi connectivity index (χ1) is 13.1. The van der Waals surface area contributed by atoms with Crippen LogP contribution < -0.4 is 0 Å². The molecule has 0 nitrogen and oxygen atoms in total. The van der Waals surface area contributed by atoms with Crippen LogP contribution in [0.15, 0.2) is 54.6 Å². The Balaban J connectivity index is 1.66. The summed E-state index contributed by atoms with van der Waals surface area (Å²) in [6.45, 7) is 2.24. The first kappa shape index (κ1) is 20.6. The molecule has 0 heterocycles. The molecule has 2 aliphatic rings. The van der Waals surface area contributed by atoms with Gasteiger partial charge in [-0.15, -0.1) is 0 Å². The van der Waals surface area contributed by atoms with E-state index < -0.39 is 10.5 Å². The van der Waals surface area contributed by atoms with Crippen molar-refractivity contribution in [1.29, 1.82) is 0 Å². The van der Waals surface area contributed by atoms with Gasteiger partial charge in [0, 0.05) is 5.92 Å². The molecule has 0 unspecified atom stereocenters. The number of alkyl halides is 2. The van der Waals surface area contributed by atoms with E-state index in [0.29, 0.717) is 5.92 Å². The van der Waals surface area contributed by atoms with Gasteiger partial charge in [0.1, 0.15) is 0 Å². The van der Waals surface area contributed by atoms with Crippen LogP contribution in [0.1, 0.15) is 69.8 Å². The lowest BCUT2D eigenvalue weighted by atomic mass is 9.72. The van der Waals surface area contributed by atoms with E-state index in [2.05, 4.69) is 43.4 Å². The molecule has 148 valence electrons. The zero-order valence-corrected chi connectivity index (χ0v) is 17.1. The summed E-state index contributed by atoms with van der Waals surface area (Å²) in [5.74, 6) is -1.02. The predicted molar refractivity (Wildman–Crippen MR) is 113 cm³/mol. The average molecular weight is 391 g/mol. The molecule has 1 fully saturated rings. The Morgan fingerprint density at radius 1 is 1.00 bits per heavy atom. The molecule has 3 heteroatoms. The number of thioether (sulfide) groups is 1. The summed E-state index contributed by atoms with van der Waals surface area (Å²) in [6.07, 6.45) is 18.2. The Bertz CT molecular complexity index is 601. The van der Waals surface area contributed by atoms with E-state index in [1.54, 1.807) is 0 Å². The fraction of sp³-hybridized carbons (Fsp3) is 0.583. The van der Waals surface area contributed by atoms with E-state index in [9.17, 15) is 8.78 Å². The van der Waals surface area contributed by atoms with Crippen molar-refractivity contribution in [2.24, 2.45) is 11.8 Å². The van der Waals surface area contributed by atoms with E-state index in [4.69, 9.17) is 0 Å². The van der Waals surface area contributed by atoms with E-state index in [1.165, 1.54) is 44.1 Å². The molecule has 1 aromatic rings. The molecule has 1 saturated carbocycles. The first-order valence-corrected chi connectivity index (χ1v) is 11.4. The number of halogens is 2. The van der Waals surface area contributed by atoms with Crippen LogP contribution in [0.2, 0.25) is 0 Å². The highest BCUT2D eigenvalue weighted by Crippen LogP contribution is 2.49. The van der Waals surface area contributed by atoms with Gasteiger partial charge in [-0.3, -0.25) is 0 Å². The summed E-state index contributed by atoms with van der Waals surface area (Å²) >= 11 is 0.842. The van der Waals surface area contributed by atoms with Gasteiger partial charge in [0.25, 0.3) is 5.76 Å². The van der Waals surface area contributed by atoms with Gasteiger partial charge in [-0.1, -0.05) is 112 Å². The van der Waals surface area contributed by atoms with Crippen LogP contribution in [-0.4, -0.2) is 10.5 Å². The van der Waals surface area contributed by atoms with Crippen LogP contribution in [0, 0.1) is 11.8 Å². The summed E-state index contributed by atoms with van der Waals surface area (Å²) < 4.78 is 26.3. The van der Waals surface area contributed by atoms with Gasteiger partial charge in [-0.2, -0.15) is 8.78 Å². The van der Waals surface area contributed by atoms with Crippen LogP contribution in [0.3, 0.4) is 0 Å². The Labute approximate surface area is 167 Å². The number of allylic oxidation sites excluding steroid dienone is 2. The normalized spacial score (nSPS) is 30.7. The lowest BCUT2D eigenvalue weighted by Crippen LogP contribution is -2.36. The predicted octanol–water partition coefficient (Wildman–Crippen LogP) is 7.98. The van der Waals surface area contributed by atoms with Crippen molar-refractivity contribution in [1.82, 2.24) is 0 Å². The van der Waals surface area contributed by atoms with E-state index in [-0.39, 0.29) is 5.92 Å². The zero-order chi connectivity index (χ0) is 19.1. The van der Waals surface area contributed by atoms with Crippen molar-refractivity contribution < 1.29 is 8.78 Å². The van der Waals surface area contributed by atoms with E-state index in [0.717, 1.165) is 30.5 Å². The second kappa shape index (κ2) is 9.91. The molecule has 0 N–H and O–H groups in total. The van der Waals surface area contributed by atoms with Crippen molar-refractivity contribution >= 4 is 11.8 Å². The molecule has 0 saturated heterocycles. The molecule has 0 bridgehead atoms. The fourth-order valence-corrected chi connectivity index (χ4v) is 5.76. The lowest BCUT2D eigenvalue weighted by molar-refractivity contribution is 0.231. The van der Waals surface area contributed by atoms with E-state index >= 15 is 0 Å². The lowest BCUT2D eigenvalue weighted by Gasteiger charge is -2.41. The summed E-state index contributed by atoms with van der Waals surface area (Å²) in [7, 11) is 0. The van der Waals surface area contributed by atoms with Crippen LogP contribution in [-0.2, 0) is 0 Å². The van der Waals surface area contributed by atoms with Crippen LogP contribution in [0.25, 0.3) is 0 Å². The highest BCUT2D eigenvalue weighted by Gasteiger charge is 2.41. The van der Waals surface area contributed by atoms with Crippen LogP contribution in [0.4, 0.5) is 8.78 Å². The molecular weight excluding hydrogens is 358 g/mol. The van der Waals surface area contributed by atoms with Gasteiger partial charge >= 0.3 is 0 Å². The van der Waals surface area contributed by atoms with Crippen LogP contribution >= 0.6 is 11.8 Å². The molecule has 27 heavy (non-hydrogen) atoms. The minimum atomic E-state index is -2.34. The quantitative estimate of drug-likeness (QED) is 0.320. The standard InChI is InChI=1S/C24H32F2S/c1-2-3-5-8-19-11-13-22(14-12-19)24(27-23(25)26)17-15-21(16-18-24)20-9-6-4-7-10-20/h4,6-7,9-10,15-19,21-23H,2-3,5,8,11-14H2,1H3. The van der Waals surface area contributed by atoms with Crippen molar-refractivity contribution in [3.8, 4) is 0 Å². The second-order valence-corrected chi connectivity index (χ2v) is 9.40. The molecule has 0 amide bonds. The van der Waals surface area contributed by atoms with Gasteiger partial charge in [0.15, 0.2) is 0 Å². The average Bonchev–Trinajstić information content (AvgIpc) is 2.69. The molecule has 0 spiro atoms. The Kier molecular flexibility index (Phi) is 7.57. The van der Waals surface area contributed by atoms with Crippen molar-refractivity contribution in [3.63, 3.8) is 0 Å². The molecule has 0 radical (unpaired) electrons. The summed E-state index contributed by atoms with van der Waals surface area (Å²) in [4.78, 5) is 0. The second-order valence-electron chi connectivity index (χ2n) is 8.10. The zero-order valence-electron chi connectivity index (χ0n) is 16.3. The van der Waals surface area contributed by atoms with Gasteiger partial charge in [0.05, 0.1) is 4.75 Å². The summed E-state index contributed by atoms with van der Waals surface area (Å²) in [5.41, 5.74) is 1.22. The number of hydrogen-bond donors (Lipinski definition) is 0. The third-order valence-corrected chi connectivity index (χ3v) is 7.50. The topological polar surface area (TPSA) is 0 Å². The maximum atomic E-state index is 13.4. The number of benzene rings is 1. The molecule has 2 aliphatic carbocycles. The van der Waals surface area contributed by atoms with Crippen LogP contribution in [0.5, 0.6) is 0 Å². The minimum absolute atomic E-state index is 0.197. The monoisotopic (exact) mass is 390 g/mol. The molecule has 1 aromatic carbocycles. The van der Waals surface area contributed by atoms with Gasteiger partial charge < -0.3 is 0 Å². The molecule has 0 aliphatic heterocycles. The van der Waals surface area contributed by atoms with Gasteiger partial charge in [-0.05, 0) is 30.2 Å². The van der Waals surface area contributed by atoms with E-state index in [1.807, 2.05) is 18.2 Å². The van der Waals surface area contributed by atoms with Gasteiger partial charge in [-0.25, -0.2) is 0 Å². The Hall–Kier alpha value is -1.09. The van der Waals surface area contributed by atoms with Crippen molar-refractivity contribution in [3.05, 3.63) is 60.2 Å². The van der Waals surface area contributed by atoms with Crippen molar-refractivity contribution in [2.75, 3.05) is 0 Å². The third kappa shape index (κ3) is 5.47. The number of hydrogen-bond acceptors (Lipinski definition) is 1. The highest BCUT2D eigenvalue weighted by atomic mass is 32.2. The third-order valence-electron chi connectivity index (χ3n) is 6.31. The molecule has 0 atom stereocenters. The maximum Gasteiger partial charge on any atom is 0.285 e. The smallest absolute Gasteiger partial charge is 0.198 e. The SMILES string of the molecule is CCCCCC1CCC(C2(SC(F)F)C=CC(c3ccccc3)C=C2)CC1.